The summed E-state index contributed by atoms with van der Waals surface area (Å²) in [7, 11) is 1.63. The fraction of sp³-hybridized carbons (Fsp3) is 0.375. The van der Waals surface area contributed by atoms with Crippen molar-refractivity contribution in [2.45, 2.75) is 33.2 Å². The molecule has 0 aliphatic carbocycles. The highest BCUT2D eigenvalue weighted by molar-refractivity contribution is 5.60. The summed E-state index contributed by atoms with van der Waals surface area (Å²) in [4.78, 5) is 28.2. The first-order valence-corrected chi connectivity index (χ1v) is 11.2. The van der Waals surface area contributed by atoms with Crippen LogP contribution >= 0.6 is 0 Å². The minimum Gasteiger partial charge on any atom is -0.406 e. The zero-order valence-electron chi connectivity index (χ0n) is 19.6. The molecule has 0 amide bonds. The lowest BCUT2D eigenvalue weighted by molar-refractivity contribution is -0.274. The van der Waals surface area contributed by atoms with Gasteiger partial charge in [0.05, 0.1) is 5.69 Å². The maximum atomic E-state index is 13.5. The quantitative estimate of drug-likeness (QED) is 0.570. The Hall–Kier alpha value is -3.60. The van der Waals surface area contributed by atoms with Crippen LogP contribution in [0.5, 0.6) is 5.75 Å². The summed E-state index contributed by atoms with van der Waals surface area (Å²) in [5.74, 6) is 0.371. The van der Waals surface area contributed by atoms with E-state index in [0.29, 0.717) is 36.0 Å². The molecule has 1 aliphatic rings. The van der Waals surface area contributed by atoms with Gasteiger partial charge in [0.25, 0.3) is 11.1 Å². The lowest BCUT2D eigenvalue weighted by atomic mass is 10.0. The highest BCUT2D eigenvalue weighted by Crippen LogP contribution is 2.27. The Morgan fingerprint density at radius 1 is 1.09 bits per heavy atom. The highest BCUT2D eigenvalue weighted by atomic mass is 19.4. The van der Waals surface area contributed by atoms with E-state index in [4.69, 9.17) is 0 Å². The molecule has 1 aromatic carbocycles. The van der Waals surface area contributed by atoms with Crippen molar-refractivity contribution >= 4 is 11.5 Å². The van der Waals surface area contributed by atoms with Crippen molar-refractivity contribution in [2.24, 2.45) is 13.0 Å². The van der Waals surface area contributed by atoms with Crippen LogP contribution in [0.4, 0.5) is 24.7 Å². The van der Waals surface area contributed by atoms with Crippen molar-refractivity contribution in [3.63, 3.8) is 0 Å². The summed E-state index contributed by atoms with van der Waals surface area (Å²) in [5, 5.41) is 7.56. The molecule has 8 nitrogen and oxygen atoms in total. The maximum absolute atomic E-state index is 13.5. The average Bonchev–Trinajstić information content (AvgIpc) is 2.78. The molecule has 0 unspecified atom stereocenters. The lowest BCUT2D eigenvalue weighted by Crippen LogP contribution is -2.39. The van der Waals surface area contributed by atoms with Gasteiger partial charge in [-0.15, -0.1) is 18.3 Å². The van der Waals surface area contributed by atoms with Gasteiger partial charge >= 0.3 is 6.36 Å². The van der Waals surface area contributed by atoms with E-state index >= 15 is 0 Å². The molecule has 0 saturated heterocycles. The molecule has 0 atom stereocenters. The van der Waals surface area contributed by atoms with E-state index in [1.165, 1.54) is 16.7 Å². The number of aromatic nitrogens is 3. The predicted molar refractivity (Wildman–Crippen MR) is 125 cm³/mol. The SMILES string of the molecule is CC(C)CN1CCc2c(Nc3cccn(C)c3=O)nn(-c3ccc(OC(F)(F)F)cc3)c(=O)c2C1. The van der Waals surface area contributed by atoms with E-state index in [-0.39, 0.29) is 16.8 Å². The standard InChI is InChI=1S/C24H26F3N5O3/c1-15(2)13-31-12-10-18-19(14-31)22(33)32(16-6-8-17(9-7-16)35-24(25,26)27)29-21(18)28-20-5-4-11-30(3)23(20)34/h4-9,11,15H,10,12-14H2,1-3H3,(H,28,29). The molecule has 4 rings (SSSR count). The van der Waals surface area contributed by atoms with Crippen LogP contribution in [-0.4, -0.2) is 38.7 Å². The van der Waals surface area contributed by atoms with Gasteiger partial charge in [0.1, 0.15) is 11.4 Å². The predicted octanol–water partition coefficient (Wildman–Crippen LogP) is 3.59. The fourth-order valence-electron chi connectivity index (χ4n) is 4.17. The molecule has 186 valence electrons. The first kappa shape index (κ1) is 24.5. The van der Waals surface area contributed by atoms with Crippen LogP contribution in [0.3, 0.4) is 0 Å². The summed E-state index contributed by atoms with van der Waals surface area (Å²) in [6.07, 6.45) is -2.62. The average molecular weight is 489 g/mol. The molecule has 11 heteroatoms. The third-order valence-corrected chi connectivity index (χ3v) is 5.68. The van der Waals surface area contributed by atoms with Crippen molar-refractivity contribution in [2.75, 3.05) is 18.4 Å². The van der Waals surface area contributed by atoms with Crippen LogP contribution in [0.15, 0.2) is 52.2 Å². The number of hydrogen-bond donors (Lipinski definition) is 1. The minimum absolute atomic E-state index is 0.258. The number of pyridine rings is 1. The molecule has 1 N–H and O–H groups in total. The first-order valence-electron chi connectivity index (χ1n) is 11.2. The van der Waals surface area contributed by atoms with Crippen molar-refractivity contribution < 1.29 is 17.9 Å². The highest BCUT2D eigenvalue weighted by Gasteiger charge is 2.31. The van der Waals surface area contributed by atoms with Crippen LogP contribution < -0.4 is 21.2 Å². The second-order valence-electron chi connectivity index (χ2n) is 8.91. The molecule has 0 fully saturated rings. The first-order chi connectivity index (χ1) is 16.5. The number of nitrogens with one attached hydrogen (secondary N) is 1. The second-order valence-corrected chi connectivity index (χ2v) is 8.91. The molecule has 0 spiro atoms. The number of halogens is 3. The third kappa shape index (κ3) is 5.56. The number of hydrogen-bond acceptors (Lipinski definition) is 6. The maximum Gasteiger partial charge on any atom is 0.573 e. The van der Waals surface area contributed by atoms with E-state index in [0.717, 1.165) is 35.5 Å². The van der Waals surface area contributed by atoms with Crippen molar-refractivity contribution in [3.05, 3.63) is 74.4 Å². The Kier molecular flexibility index (Phi) is 6.70. The molecular weight excluding hydrogens is 463 g/mol. The van der Waals surface area contributed by atoms with Gasteiger partial charge in [-0.05, 0) is 48.7 Å². The molecule has 0 bridgehead atoms. The Bertz CT molecular complexity index is 1330. The smallest absolute Gasteiger partial charge is 0.406 e. The Morgan fingerprint density at radius 3 is 2.46 bits per heavy atom. The number of fused-ring (bicyclic) bond motifs is 1. The number of aryl methyl sites for hydroxylation is 1. The number of rotatable bonds is 6. The number of alkyl halides is 3. The molecule has 0 radical (unpaired) electrons. The third-order valence-electron chi connectivity index (χ3n) is 5.68. The molecule has 3 heterocycles. The Morgan fingerprint density at radius 2 is 1.80 bits per heavy atom. The van der Waals surface area contributed by atoms with Crippen LogP contribution in [0.1, 0.15) is 25.0 Å². The van der Waals surface area contributed by atoms with Gasteiger partial charge in [0, 0.05) is 44.0 Å². The molecular formula is C24H26F3N5O3. The zero-order chi connectivity index (χ0) is 25.3. The van der Waals surface area contributed by atoms with E-state index < -0.39 is 12.1 Å². The van der Waals surface area contributed by atoms with Crippen LogP contribution in [-0.2, 0) is 20.0 Å². The summed E-state index contributed by atoms with van der Waals surface area (Å²) in [6, 6.07) is 8.27. The summed E-state index contributed by atoms with van der Waals surface area (Å²) < 4.78 is 44.1. The van der Waals surface area contributed by atoms with E-state index in [1.54, 1.807) is 25.4 Å². The van der Waals surface area contributed by atoms with Gasteiger partial charge in [-0.1, -0.05) is 13.8 Å². The van der Waals surface area contributed by atoms with E-state index in [9.17, 15) is 22.8 Å². The molecule has 0 saturated carbocycles. The van der Waals surface area contributed by atoms with E-state index in [2.05, 4.69) is 33.9 Å². The van der Waals surface area contributed by atoms with Gasteiger partial charge < -0.3 is 14.6 Å². The van der Waals surface area contributed by atoms with Crippen LogP contribution in [0.25, 0.3) is 5.69 Å². The number of anilines is 2. The van der Waals surface area contributed by atoms with Crippen molar-refractivity contribution in [1.29, 1.82) is 0 Å². The summed E-state index contributed by atoms with van der Waals surface area (Å²) in [5.41, 5.74) is 1.23. The van der Waals surface area contributed by atoms with Gasteiger partial charge in [0.2, 0.25) is 0 Å². The Labute approximate surface area is 199 Å². The fourth-order valence-corrected chi connectivity index (χ4v) is 4.17. The number of benzene rings is 1. The lowest BCUT2D eigenvalue weighted by Gasteiger charge is -2.30. The van der Waals surface area contributed by atoms with Crippen molar-refractivity contribution in [1.82, 2.24) is 19.2 Å². The monoisotopic (exact) mass is 489 g/mol. The van der Waals surface area contributed by atoms with Gasteiger partial charge in [-0.25, -0.2) is 0 Å². The zero-order valence-corrected chi connectivity index (χ0v) is 19.6. The molecule has 3 aromatic rings. The topological polar surface area (TPSA) is 81.4 Å². The van der Waals surface area contributed by atoms with Gasteiger partial charge in [-0.2, -0.15) is 4.68 Å². The van der Waals surface area contributed by atoms with E-state index in [1.807, 2.05) is 0 Å². The largest absolute Gasteiger partial charge is 0.573 e. The van der Waals surface area contributed by atoms with Crippen LogP contribution in [0.2, 0.25) is 0 Å². The molecule has 35 heavy (non-hydrogen) atoms. The number of nitrogens with zero attached hydrogens (tertiary/aromatic N) is 4. The van der Waals surface area contributed by atoms with Crippen molar-refractivity contribution in [3.8, 4) is 11.4 Å². The van der Waals surface area contributed by atoms with Gasteiger partial charge in [-0.3, -0.25) is 14.5 Å². The minimum atomic E-state index is -4.82. The second kappa shape index (κ2) is 9.57. The summed E-state index contributed by atoms with van der Waals surface area (Å²) in [6.45, 7) is 6.16. The normalized spacial score (nSPS) is 14.1. The molecule has 1 aliphatic heterocycles. The summed E-state index contributed by atoms with van der Waals surface area (Å²) >= 11 is 0. The Balaban J connectivity index is 1.79. The van der Waals surface area contributed by atoms with Gasteiger partial charge in [0.15, 0.2) is 5.82 Å². The number of ether oxygens (including phenoxy) is 1. The molecule has 2 aromatic heterocycles. The van der Waals surface area contributed by atoms with Crippen LogP contribution in [0, 0.1) is 5.92 Å².